The van der Waals surface area contributed by atoms with E-state index in [-0.39, 0.29) is 11.6 Å². The van der Waals surface area contributed by atoms with Crippen LogP contribution in [0.25, 0.3) is 0 Å². The molecule has 0 aliphatic rings. The van der Waals surface area contributed by atoms with Crippen molar-refractivity contribution in [1.29, 1.82) is 0 Å². The third kappa shape index (κ3) is 4.48. The summed E-state index contributed by atoms with van der Waals surface area (Å²) in [7, 11) is -5.44. The summed E-state index contributed by atoms with van der Waals surface area (Å²) in [5.74, 6) is 0. The lowest BCUT2D eigenvalue weighted by molar-refractivity contribution is 0.745. The molecule has 3 rings (SSSR count). The topological polar surface area (TPSA) is 0 Å². The van der Waals surface area contributed by atoms with Crippen LogP contribution in [0.5, 0.6) is 0 Å². The molecule has 0 aliphatic heterocycles. The molecule has 0 fully saturated rings. The highest BCUT2D eigenvalue weighted by Gasteiger charge is 2.61. The predicted octanol–water partition coefficient (Wildman–Crippen LogP) is 6.98. The Balaban J connectivity index is 2.49. The van der Waals surface area contributed by atoms with Gasteiger partial charge in [0.1, 0.15) is 7.74 Å². The van der Waals surface area contributed by atoms with Crippen LogP contribution in [0.3, 0.4) is 0 Å². The minimum atomic E-state index is -2.14. The SMILES string of the molecule is CC(C)(C)[Si](c1ccccc1)(c1ccccc1)P([Si](C)(C)C)[Si](C)(C)c1ccccc1. The van der Waals surface area contributed by atoms with Gasteiger partial charge in [-0.15, -0.1) is 6.57 Å². The summed E-state index contributed by atoms with van der Waals surface area (Å²) in [4.78, 5) is 0. The van der Waals surface area contributed by atoms with Crippen LogP contribution < -0.4 is 15.6 Å². The van der Waals surface area contributed by atoms with Gasteiger partial charge in [-0.2, -0.15) is 0 Å². The van der Waals surface area contributed by atoms with E-state index < -0.39 is 23.2 Å². The molecule has 0 radical (unpaired) electrons. The minimum Gasteiger partial charge on any atom is -0.126 e. The van der Waals surface area contributed by atoms with Crippen molar-refractivity contribution in [2.24, 2.45) is 0 Å². The normalized spacial score (nSPS) is 14.3. The molecule has 31 heavy (non-hydrogen) atoms. The maximum absolute atomic E-state index is 2.69. The molecule has 0 nitrogen and oxygen atoms in total. The van der Waals surface area contributed by atoms with Crippen LogP contribution in [0.15, 0.2) is 91.0 Å². The summed E-state index contributed by atoms with van der Waals surface area (Å²) in [6.45, 7) is 20.8. The van der Waals surface area contributed by atoms with Gasteiger partial charge in [0.05, 0.1) is 15.5 Å². The van der Waals surface area contributed by atoms with Gasteiger partial charge >= 0.3 is 0 Å². The second kappa shape index (κ2) is 8.94. The fourth-order valence-corrected chi connectivity index (χ4v) is 76.1. The first-order chi connectivity index (χ1) is 14.4. The highest BCUT2D eigenvalue weighted by Crippen LogP contribution is 2.66. The smallest absolute Gasteiger partial charge is 0.126 e. The molecule has 1 unspecified atom stereocenters. The number of benzene rings is 3. The van der Waals surface area contributed by atoms with Gasteiger partial charge < -0.3 is 0 Å². The maximum Gasteiger partial charge on any atom is 0.142 e. The molecule has 0 bridgehead atoms. The van der Waals surface area contributed by atoms with Crippen LogP contribution in [-0.4, -0.2) is 23.2 Å². The quantitative estimate of drug-likeness (QED) is 0.265. The van der Waals surface area contributed by atoms with Gasteiger partial charge in [-0.3, -0.25) is 0 Å². The van der Waals surface area contributed by atoms with E-state index in [2.05, 4.69) is 145 Å². The summed E-state index contributed by atoms with van der Waals surface area (Å²) in [5.41, 5.74) is 0. The van der Waals surface area contributed by atoms with E-state index in [1.54, 1.807) is 15.6 Å². The van der Waals surface area contributed by atoms with Gasteiger partial charge in [0.2, 0.25) is 0 Å². The molecule has 3 aromatic rings. The van der Waals surface area contributed by atoms with Gasteiger partial charge in [-0.05, 0) is 15.4 Å². The summed E-state index contributed by atoms with van der Waals surface area (Å²) >= 11 is 0. The number of hydrogen-bond donors (Lipinski definition) is 0. The third-order valence-electron chi connectivity index (χ3n) is 6.51. The molecule has 0 amide bonds. The first kappa shape index (κ1) is 24.4. The molecular weight excluding hydrogens is 440 g/mol. The Morgan fingerprint density at radius 2 is 0.839 bits per heavy atom. The highest BCUT2D eigenvalue weighted by molar-refractivity contribution is 8.40. The van der Waals surface area contributed by atoms with Gasteiger partial charge in [0.25, 0.3) is 0 Å². The van der Waals surface area contributed by atoms with Crippen LogP contribution in [-0.2, 0) is 0 Å². The van der Waals surface area contributed by atoms with Crippen molar-refractivity contribution in [3.8, 4) is 0 Å². The Hall–Kier alpha value is -1.26. The molecule has 0 saturated heterocycles. The molecule has 0 heterocycles. The number of hydrogen-bond acceptors (Lipinski definition) is 0. The number of rotatable bonds is 6. The Morgan fingerprint density at radius 3 is 1.13 bits per heavy atom. The highest BCUT2D eigenvalue weighted by atomic mass is 31.8. The monoisotopic (exact) mass is 478 g/mol. The zero-order valence-corrected chi connectivity index (χ0v) is 24.5. The van der Waals surface area contributed by atoms with E-state index >= 15 is 0 Å². The second-order valence-corrected chi connectivity index (χ2v) is 41.3. The van der Waals surface area contributed by atoms with Crippen molar-refractivity contribution < 1.29 is 0 Å². The van der Waals surface area contributed by atoms with Gasteiger partial charge in [0, 0.05) is 0 Å². The van der Waals surface area contributed by atoms with Crippen molar-refractivity contribution in [2.45, 2.75) is 58.5 Å². The first-order valence-corrected chi connectivity index (χ1v) is 23.8. The Bertz CT molecular complexity index is 932. The predicted molar refractivity (Wildman–Crippen MR) is 151 cm³/mol. The van der Waals surface area contributed by atoms with Crippen molar-refractivity contribution in [3.05, 3.63) is 91.0 Å². The van der Waals surface area contributed by atoms with Gasteiger partial charge in [-0.25, -0.2) is 0 Å². The lowest BCUT2D eigenvalue weighted by atomic mass is 10.2. The molecule has 3 aromatic carbocycles. The molecular formula is C27H39PSi3. The molecule has 164 valence electrons. The molecule has 0 saturated carbocycles. The zero-order valence-electron chi connectivity index (χ0n) is 20.6. The van der Waals surface area contributed by atoms with Gasteiger partial charge in [0.15, 0.2) is 0 Å². The standard InChI is InChI=1S/C27H39PSi3/c1-27(2,3)31(25-20-14-10-15-21-25,26-22-16-11-17-23-26)28(29(4,5)6)30(7,8)24-18-12-9-13-19-24/h9-23H,1-8H3. The van der Waals surface area contributed by atoms with Crippen molar-refractivity contribution >= 4 is 45.3 Å². The van der Waals surface area contributed by atoms with E-state index in [4.69, 9.17) is 0 Å². The van der Waals surface area contributed by atoms with Crippen LogP contribution in [0.1, 0.15) is 20.8 Å². The molecule has 4 heteroatoms. The summed E-state index contributed by atoms with van der Waals surface area (Å²) in [6.07, 6.45) is 0. The third-order valence-corrected chi connectivity index (χ3v) is 57.8. The average Bonchev–Trinajstić information content (AvgIpc) is 2.72. The van der Waals surface area contributed by atoms with E-state index in [0.717, 1.165) is 0 Å². The maximum atomic E-state index is 2.69. The fourth-order valence-electron chi connectivity index (χ4n) is 5.72. The van der Waals surface area contributed by atoms with E-state index in [1.807, 2.05) is 0 Å². The van der Waals surface area contributed by atoms with E-state index in [0.29, 0.717) is 0 Å². The second-order valence-electron chi connectivity index (χ2n) is 11.1. The molecule has 0 N–H and O–H groups in total. The largest absolute Gasteiger partial charge is 0.142 e. The van der Waals surface area contributed by atoms with Crippen LogP contribution in [0.2, 0.25) is 37.8 Å². The Labute approximate surface area is 194 Å². The Kier molecular flexibility index (Phi) is 7.03. The lowest BCUT2D eigenvalue weighted by Crippen LogP contribution is -2.70. The van der Waals surface area contributed by atoms with Crippen LogP contribution >= 0.6 is 6.57 Å². The summed E-state index contributed by atoms with van der Waals surface area (Å²) in [6, 6.07) is 34.9. The van der Waals surface area contributed by atoms with E-state index in [9.17, 15) is 0 Å². The van der Waals surface area contributed by atoms with Gasteiger partial charge in [-0.1, -0.05) is 150 Å². The molecule has 1 atom stereocenters. The molecule has 0 aliphatic carbocycles. The fraction of sp³-hybridized carbons (Fsp3) is 0.333. The summed E-state index contributed by atoms with van der Waals surface area (Å²) in [5, 5.41) is 5.13. The summed E-state index contributed by atoms with van der Waals surface area (Å²) < 4.78 is 0. The Morgan fingerprint density at radius 1 is 0.516 bits per heavy atom. The van der Waals surface area contributed by atoms with E-state index in [1.165, 1.54) is 0 Å². The van der Waals surface area contributed by atoms with Crippen molar-refractivity contribution in [1.82, 2.24) is 0 Å². The zero-order chi connectivity index (χ0) is 22.9. The molecule has 0 aromatic heterocycles. The molecule has 0 spiro atoms. The lowest BCUT2D eigenvalue weighted by Gasteiger charge is -2.58. The average molecular weight is 479 g/mol. The van der Waals surface area contributed by atoms with Crippen LogP contribution in [0.4, 0.5) is 0 Å². The van der Waals surface area contributed by atoms with Crippen LogP contribution in [0, 0.1) is 0 Å². The van der Waals surface area contributed by atoms with Crippen molar-refractivity contribution in [2.75, 3.05) is 0 Å². The van der Waals surface area contributed by atoms with Crippen molar-refractivity contribution in [3.63, 3.8) is 0 Å². The first-order valence-electron chi connectivity index (χ1n) is 11.4. The minimum absolute atomic E-state index is 0.193.